The zero-order valence-corrected chi connectivity index (χ0v) is 14.1. The number of carbonyl (C=O) groups is 2. The maximum Gasteiger partial charge on any atom is 0.323 e. The first-order valence-electron chi connectivity index (χ1n) is 8.08. The lowest BCUT2D eigenvalue weighted by Crippen LogP contribution is -2.49. The molecule has 1 aliphatic rings. The zero-order valence-electron chi connectivity index (χ0n) is 14.1. The van der Waals surface area contributed by atoms with Crippen LogP contribution in [-0.4, -0.2) is 37.0 Å². The molecular weight excluding hydrogens is 340 g/mol. The first kappa shape index (κ1) is 17.7. The molecule has 3 rings (SSSR count). The Labute approximate surface area is 149 Å². The van der Waals surface area contributed by atoms with Gasteiger partial charge in [-0.3, -0.25) is 19.7 Å². The van der Waals surface area contributed by atoms with Gasteiger partial charge in [-0.15, -0.1) is 0 Å². The number of methoxy groups -OCH3 is 1. The van der Waals surface area contributed by atoms with Crippen LogP contribution in [0.1, 0.15) is 23.2 Å². The number of hydrogen-bond acceptors (Lipinski definition) is 6. The number of nitrogens with zero attached hydrogens (tertiary/aromatic N) is 1. The number of furan rings is 1. The summed E-state index contributed by atoms with van der Waals surface area (Å²) in [5.74, 6) is -2.94. The lowest BCUT2D eigenvalue weighted by Gasteiger charge is -2.34. The second-order valence-electron chi connectivity index (χ2n) is 6.12. The van der Waals surface area contributed by atoms with Gasteiger partial charge in [0.05, 0.1) is 13.4 Å². The van der Waals surface area contributed by atoms with E-state index >= 15 is 0 Å². The Morgan fingerprint density at radius 1 is 1.38 bits per heavy atom. The number of amides is 1. The van der Waals surface area contributed by atoms with Crippen molar-refractivity contribution in [3.05, 3.63) is 70.2 Å². The van der Waals surface area contributed by atoms with E-state index in [1.807, 2.05) is 6.07 Å². The van der Waals surface area contributed by atoms with Gasteiger partial charge in [0.15, 0.2) is 5.41 Å². The Morgan fingerprint density at radius 3 is 2.69 bits per heavy atom. The van der Waals surface area contributed by atoms with Crippen LogP contribution < -0.4 is 5.32 Å². The molecule has 3 atom stereocenters. The third-order valence-electron chi connectivity index (χ3n) is 4.89. The molecule has 2 aromatic rings. The molecular formula is C18H18N2O6. The minimum Gasteiger partial charge on any atom is -0.469 e. The number of ether oxygens (including phenoxy) is 1. The average Bonchev–Trinajstić information content (AvgIpc) is 3.28. The fourth-order valence-electron chi connectivity index (χ4n) is 3.77. The molecule has 1 aromatic heterocycles. The number of benzene rings is 1. The smallest absolute Gasteiger partial charge is 0.323 e. The van der Waals surface area contributed by atoms with Crippen molar-refractivity contribution in [1.29, 1.82) is 0 Å². The normalized spacial score (nSPS) is 23.3. The molecule has 8 heteroatoms. The van der Waals surface area contributed by atoms with E-state index in [0.29, 0.717) is 0 Å². The molecule has 1 aliphatic heterocycles. The standard InChI is InChI=1S/C18H18N2O6/c1-25-17(22)18(14(11-20(23)24)15-8-5-9-26-15)13(10-19-16(18)21)12-6-3-2-4-7-12/h2-9,13-14H,10-11H2,1H3,(H,19,21)/t13-,14+,18+/m1/s1. The number of carbonyl (C=O) groups excluding carboxylic acids is 2. The van der Waals surface area contributed by atoms with Gasteiger partial charge in [-0.2, -0.15) is 0 Å². The number of hydrogen-bond donors (Lipinski definition) is 1. The van der Waals surface area contributed by atoms with Gasteiger partial charge in [0, 0.05) is 17.4 Å². The van der Waals surface area contributed by atoms with Gasteiger partial charge in [-0.25, -0.2) is 0 Å². The van der Waals surface area contributed by atoms with Gasteiger partial charge in [0.1, 0.15) is 11.7 Å². The molecule has 1 aromatic carbocycles. The third kappa shape index (κ3) is 2.73. The molecule has 136 valence electrons. The van der Waals surface area contributed by atoms with Crippen LogP contribution in [0.25, 0.3) is 0 Å². The van der Waals surface area contributed by atoms with Gasteiger partial charge in [0.25, 0.3) is 0 Å². The predicted molar refractivity (Wildman–Crippen MR) is 90.0 cm³/mol. The number of nitrogens with one attached hydrogen (secondary N) is 1. The van der Waals surface area contributed by atoms with E-state index < -0.39 is 40.6 Å². The Balaban J connectivity index is 2.22. The number of esters is 1. The highest BCUT2D eigenvalue weighted by atomic mass is 16.6. The van der Waals surface area contributed by atoms with Crippen LogP contribution in [0.3, 0.4) is 0 Å². The molecule has 1 amide bonds. The molecule has 0 radical (unpaired) electrons. The fraction of sp³-hybridized carbons (Fsp3) is 0.333. The third-order valence-corrected chi connectivity index (χ3v) is 4.89. The predicted octanol–water partition coefficient (Wildman–Crippen LogP) is 1.71. The molecule has 26 heavy (non-hydrogen) atoms. The lowest BCUT2D eigenvalue weighted by molar-refractivity contribution is -0.486. The van der Waals surface area contributed by atoms with E-state index in [0.717, 1.165) is 5.56 Å². The lowest BCUT2D eigenvalue weighted by atomic mass is 9.64. The van der Waals surface area contributed by atoms with Crippen molar-refractivity contribution >= 4 is 11.9 Å². The first-order chi connectivity index (χ1) is 12.5. The van der Waals surface area contributed by atoms with E-state index in [2.05, 4.69) is 5.32 Å². The van der Waals surface area contributed by atoms with Crippen LogP contribution in [0.5, 0.6) is 0 Å². The molecule has 0 saturated carbocycles. The molecule has 0 aliphatic carbocycles. The summed E-state index contributed by atoms with van der Waals surface area (Å²) in [4.78, 5) is 36.6. The summed E-state index contributed by atoms with van der Waals surface area (Å²) in [5, 5.41) is 14.0. The highest BCUT2D eigenvalue weighted by Gasteiger charge is 2.64. The number of rotatable bonds is 6. The number of nitro groups is 1. The van der Waals surface area contributed by atoms with Crippen molar-refractivity contribution in [3.8, 4) is 0 Å². The average molecular weight is 358 g/mol. The van der Waals surface area contributed by atoms with Crippen LogP contribution >= 0.6 is 0 Å². The van der Waals surface area contributed by atoms with Gasteiger partial charge in [0.2, 0.25) is 12.5 Å². The van der Waals surface area contributed by atoms with Crippen molar-refractivity contribution in [2.24, 2.45) is 5.41 Å². The van der Waals surface area contributed by atoms with Gasteiger partial charge >= 0.3 is 5.97 Å². The molecule has 2 heterocycles. The zero-order chi connectivity index (χ0) is 18.7. The van der Waals surface area contributed by atoms with Crippen LogP contribution in [0.2, 0.25) is 0 Å². The van der Waals surface area contributed by atoms with E-state index in [1.54, 1.807) is 30.3 Å². The van der Waals surface area contributed by atoms with Crippen LogP contribution in [0.15, 0.2) is 53.1 Å². The van der Waals surface area contributed by atoms with Crippen molar-refractivity contribution in [2.45, 2.75) is 11.8 Å². The summed E-state index contributed by atoms with van der Waals surface area (Å²) in [6.45, 7) is -0.466. The van der Waals surface area contributed by atoms with Gasteiger partial charge in [-0.05, 0) is 17.7 Å². The topological polar surface area (TPSA) is 112 Å². The molecule has 8 nitrogen and oxygen atoms in total. The van der Waals surface area contributed by atoms with Crippen molar-refractivity contribution in [1.82, 2.24) is 5.32 Å². The van der Waals surface area contributed by atoms with Crippen molar-refractivity contribution < 1.29 is 23.7 Å². The summed E-state index contributed by atoms with van der Waals surface area (Å²) in [6.07, 6.45) is 1.36. The fourth-order valence-corrected chi connectivity index (χ4v) is 3.77. The molecule has 1 fully saturated rings. The highest BCUT2D eigenvalue weighted by molar-refractivity contribution is 6.06. The van der Waals surface area contributed by atoms with Gasteiger partial charge < -0.3 is 14.5 Å². The summed E-state index contributed by atoms with van der Waals surface area (Å²) in [6, 6.07) is 12.1. The van der Waals surface area contributed by atoms with Crippen LogP contribution in [0.4, 0.5) is 0 Å². The summed E-state index contributed by atoms with van der Waals surface area (Å²) in [5.41, 5.74) is -1.07. The SMILES string of the molecule is COC(=O)[C@@]1([C@@H](C[N+](=O)[O-])c2ccco2)C(=O)NC[C@@H]1c1ccccc1. The van der Waals surface area contributed by atoms with Crippen LogP contribution in [-0.2, 0) is 14.3 Å². The molecule has 0 spiro atoms. The summed E-state index contributed by atoms with van der Waals surface area (Å²) >= 11 is 0. The second-order valence-corrected chi connectivity index (χ2v) is 6.12. The first-order valence-corrected chi connectivity index (χ1v) is 8.08. The Morgan fingerprint density at radius 2 is 2.12 bits per heavy atom. The Kier molecular flexibility index (Phi) is 4.75. The maximum absolute atomic E-state index is 12.9. The second kappa shape index (κ2) is 6.99. The highest BCUT2D eigenvalue weighted by Crippen LogP contribution is 2.51. The monoisotopic (exact) mass is 358 g/mol. The van der Waals surface area contributed by atoms with Crippen molar-refractivity contribution in [2.75, 3.05) is 20.2 Å². The minimum atomic E-state index is -1.79. The van der Waals surface area contributed by atoms with E-state index in [-0.39, 0.29) is 12.3 Å². The molecule has 0 unspecified atom stereocenters. The van der Waals surface area contributed by atoms with E-state index in [9.17, 15) is 19.7 Å². The van der Waals surface area contributed by atoms with Gasteiger partial charge in [-0.1, -0.05) is 30.3 Å². The Bertz CT molecular complexity index is 804. The molecule has 1 saturated heterocycles. The summed E-state index contributed by atoms with van der Waals surface area (Å²) in [7, 11) is 1.17. The summed E-state index contributed by atoms with van der Waals surface area (Å²) < 4.78 is 10.3. The quantitative estimate of drug-likeness (QED) is 0.364. The van der Waals surface area contributed by atoms with Crippen LogP contribution in [0, 0.1) is 15.5 Å². The van der Waals surface area contributed by atoms with E-state index in [1.165, 1.54) is 19.4 Å². The van der Waals surface area contributed by atoms with E-state index in [4.69, 9.17) is 9.15 Å². The largest absolute Gasteiger partial charge is 0.469 e. The maximum atomic E-state index is 12.9. The molecule has 1 N–H and O–H groups in total. The minimum absolute atomic E-state index is 0.173. The Hall–Kier alpha value is -3.16. The van der Waals surface area contributed by atoms with Crippen molar-refractivity contribution in [3.63, 3.8) is 0 Å². The molecule has 0 bridgehead atoms.